The molecule has 0 spiro atoms. The van der Waals surface area contributed by atoms with Crippen LogP contribution in [0, 0.1) is 0 Å². The molecule has 2 aromatic carbocycles. The maximum atomic E-state index is 12.8. The number of nitrogens with zero attached hydrogens (tertiary/aromatic N) is 5. The first-order valence-corrected chi connectivity index (χ1v) is 39.9. The summed E-state index contributed by atoms with van der Waals surface area (Å²) in [5.74, 6) is -1.71. The third-order valence-corrected chi connectivity index (χ3v) is 19.4. The molecule has 95 heavy (non-hydrogen) atoms. The Balaban J connectivity index is 1.41. The van der Waals surface area contributed by atoms with E-state index in [1.165, 1.54) is 178 Å². The number of hydrogen-bond donors (Lipinski definition) is 1. The van der Waals surface area contributed by atoms with Crippen LogP contribution in [0.3, 0.4) is 0 Å². The fraction of sp³-hybridized carbons (Fsp3) is 0.797. The maximum absolute atomic E-state index is 12.8. The third kappa shape index (κ3) is 56.3. The Morgan fingerprint density at radius 1 is 0.358 bits per heavy atom. The number of carbonyl (C=O) groups is 3. The number of phosphoric acid groups is 2. The van der Waals surface area contributed by atoms with Crippen molar-refractivity contribution < 1.29 is 74.9 Å². The van der Waals surface area contributed by atoms with Gasteiger partial charge in [0.05, 0.1) is 88.3 Å². The zero-order chi connectivity index (χ0) is 69.7. The number of carboxylic acid groups (broad SMARTS) is 1. The molecule has 0 aliphatic heterocycles. The average Bonchev–Trinajstić information content (AvgIpc) is 1.70. The van der Waals surface area contributed by atoms with Crippen molar-refractivity contribution in [2.75, 3.05) is 155 Å². The highest BCUT2D eigenvalue weighted by molar-refractivity contribution is 7.46. The molecule has 21 heteroatoms. The molecule has 2 atom stereocenters. The summed E-state index contributed by atoms with van der Waals surface area (Å²) in [4.78, 5) is 66.5. The van der Waals surface area contributed by atoms with E-state index in [-0.39, 0.29) is 58.6 Å². The van der Waals surface area contributed by atoms with Gasteiger partial charge in [-0.25, -0.2) is 0 Å². The van der Waals surface area contributed by atoms with Gasteiger partial charge in [-0.05, 0) is 74.9 Å². The third-order valence-electron chi connectivity index (χ3n) is 17.4. The standard InChI is InChI=1S/C74H135N5O14P2/c1-75(53-54-76(2)66-73(82)88-61-51-70-47-43-68(44-48-70)41-37-33-29-25-21-17-13-9-11-15-19-23-27-31-35-39-59-90-94(84,85)92-63-57-78(3,4)5)55-56-77(65-72(80)81)67-74(83)89-62-52-71-49-45-69(46-50-71)42-38-34-30-26-22-18-14-10-12-16-20-24-28-32-36-40-60-91-95(86,87)93-64-58-79(6,7)8/h43-50H,9-42,51-67H2,1-8H3,(H-2,80,81,84,85,86,87). The van der Waals surface area contributed by atoms with Crippen molar-refractivity contribution in [3.05, 3.63) is 70.8 Å². The number of likely N-dealkylation sites (N-methyl/N-ethyl adjacent to an activating group) is 4. The van der Waals surface area contributed by atoms with Crippen LogP contribution in [0.25, 0.3) is 0 Å². The largest absolute Gasteiger partial charge is 0.756 e. The molecule has 0 radical (unpaired) electrons. The van der Waals surface area contributed by atoms with E-state index in [1.807, 2.05) is 61.3 Å². The molecular formula is C74H135N5O14P2. The van der Waals surface area contributed by atoms with Crippen molar-refractivity contribution in [3.63, 3.8) is 0 Å². The zero-order valence-corrected chi connectivity index (χ0v) is 62.9. The molecule has 1 N–H and O–H groups in total. The minimum atomic E-state index is -4.20. The van der Waals surface area contributed by atoms with E-state index in [9.17, 15) is 38.4 Å². The molecule has 0 aliphatic rings. The second-order valence-corrected chi connectivity index (χ2v) is 31.6. The van der Waals surface area contributed by atoms with Crippen LogP contribution in [0.1, 0.15) is 228 Å². The van der Waals surface area contributed by atoms with Crippen LogP contribution in [-0.4, -0.2) is 202 Å². The highest BCUT2D eigenvalue weighted by Crippen LogP contribution is 2.39. The van der Waals surface area contributed by atoms with Gasteiger partial charge >= 0.3 is 17.9 Å². The van der Waals surface area contributed by atoms with Gasteiger partial charge in [0.25, 0.3) is 15.6 Å². The quantitative estimate of drug-likeness (QED) is 0.0282. The molecule has 550 valence electrons. The monoisotopic (exact) mass is 1380 g/mol. The Labute approximate surface area is 577 Å². The molecule has 2 unspecified atom stereocenters. The van der Waals surface area contributed by atoms with Crippen LogP contribution in [0.15, 0.2) is 48.5 Å². The molecule has 19 nitrogen and oxygen atoms in total. The smallest absolute Gasteiger partial charge is 0.320 e. The van der Waals surface area contributed by atoms with E-state index in [4.69, 9.17) is 27.6 Å². The Hall–Kier alpha value is -3.13. The number of aliphatic carboxylic acids is 1. The molecule has 0 aliphatic carbocycles. The summed E-state index contributed by atoms with van der Waals surface area (Å²) in [5, 5.41) is 9.56. The lowest BCUT2D eigenvalue weighted by atomic mass is 10.0. The summed E-state index contributed by atoms with van der Waals surface area (Å²) in [6.45, 7) is 4.47. The lowest BCUT2D eigenvalue weighted by Gasteiger charge is -2.27. The number of ether oxygens (including phenoxy) is 2. The van der Waals surface area contributed by atoms with Crippen LogP contribution in [-0.2, 0) is 76.8 Å². The first-order valence-electron chi connectivity index (χ1n) is 37.0. The predicted octanol–water partition coefficient (Wildman–Crippen LogP) is 13.8. The van der Waals surface area contributed by atoms with E-state index in [2.05, 4.69) is 53.4 Å². The van der Waals surface area contributed by atoms with Crippen molar-refractivity contribution in [3.8, 4) is 0 Å². The molecule has 0 aromatic heterocycles. The fourth-order valence-electron chi connectivity index (χ4n) is 11.1. The van der Waals surface area contributed by atoms with Gasteiger partial charge in [0.2, 0.25) is 0 Å². The van der Waals surface area contributed by atoms with Gasteiger partial charge < -0.3 is 56.3 Å². The van der Waals surface area contributed by atoms with E-state index in [1.54, 1.807) is 4.90 Å². The van der Waals surface area contributed by atoms with Crippen LogP contribution in [0.4, 0.5) is 0 Å². The highest BCUT2D eigenvalue weighted by atomic mass is 31.2. The van der Waals surface area contributed by atoms with Crippen LogP contribution >= 0.6 is 15.6 Å². The lowest BCUT2D eigenvalue weighted by Crippen LogP contribution is -2.41. The van der Waals surface area contributed by atoms with Gasteiger partial charge in [-0.2, -0.15) is 0 Å². The van der Waals surface area contributed by atoms with Gasteiger partial charge in [0.1, 0.15) is 26.3 Å². The van der Waals surface area contributed by atoms with Crippen molar-refractivity contribution in [1.82, 2.24) is 14.7 Å². The minimum absolute atomic E-state index is 0.103. The second kappa shape index (κ2) is 54.7. The van der Waals surface area contributed by atoms with Gasteiger partial charge in [-0.1, -0.05) is 228 Å². The number of unbranched alkanes of at least 4 members (excludes halogenated alkanes) is 30. The number of hydrogen-bond acceptors (Lipinski definition) is 16. The topological polar surface area (TPSA) is 217 Å². The van der Waals surface area contributed by atoms with E-state index in [0.29, 0.717) is 67.7 Å². The Kier molecular flexibility index (Phi) is 50.6. The molecule has 0 heterocycles. The van der Waals surface area contributed by atoms with Crippen molar-refractivity contribution in [2.45, 2.75) is 231 Å². The summed E-state index contributed by atoms with van der Waals surface area (Å²) in [6, 6.07) is 17.2. The van der Waals surface area contributed by atoms with Crippen molar-refractivity contribution >= 4 is 33.6 Å². The second-order valence-electron chi connectivity index (χ2n) is 28.8. The fourth-order valence-corrected chi connectivity index (χ4v) is 12.6. The molecule has 0 saturated carbocycles. The number of esters is 2. The summed E-state index contributed by atoms with van der Waals surface area (Å²) in [6.07, 6.45) is 42.4. The van der Waals surface area contributed by atoms with E-state index in [0.717, 1.165) is 62.5 Å². The normalized spacial score (nSPS) is 13.4. The number of phosphoric ester groups is 2. The van der Waals surface area contributed by atoms with Crippen LogP contribution in [0.5, 0.6) is 0 Å². The summed E-state index contributed by atoms with van der Waals surface area (Å²) < 4.78 is 56.1. The number of benzene rings is 2. The molecule has 0 bridgehead atoms. The van der Waals surface area contributed by atoms with Gasteiger partial charge in [0.15, 0.2) is 0 Å². The van der Waals surface area contributed by atoms with E-state index < -0.39 is 27.6 Å². The maximum Gasteiger partial charge on any atom is 0.320 e. The Morgan fingerprint density at radius 3 is 0.937 bits per heavy atom. The van der Waals surface area contributed by atoms with E-state index >= 15 is 0 Å². The number of quaternary nitrogens is 2. The molecule has 2 rings (SSSR count). The molecule has 0 fully saturated rings. The number of carbonyl (C=O) groups excluding carboxylic acids is 2. The number of aryl methyl sites for hydroxylation is 2. The molecular weight excluding hydrogens is 1240 g/mol. The molecule has 0 saturated heterocycles. The molecule has 2 aromatic rings. The van der Waals surface area contributed by atoms with Crippen LogP contribution < -0.4 is 9.79 Å². The van der Waals surface area contributed by atoms with Gasteiger partial charge in [-0.3, -0.25) is 33.3 Å². The first kappa shape index (κ1) is 88.0. The minimum Gasteiger partial charge on any atom is -0.756 e. The zero-order valence-electron chi connectivity index (χ0n) is 61.1. The first-order chi connectivity index (χ1) is 45.4. The lowest BCUT2D eigenvalue weighted by molar-refractivity contribution is -0.870. The summed E-state index contributed by atoms with van der Waals surface area (Å²) in [5.41, 5.74) is 4.92. The summed E-state index contributed by atoms with van der Waals surface area (Å²) in [7, 11) is 7.37. The Morgan fingerprint density at radius 2 is 0.621 bits per heavy atom. The van der Waals surface area contributed by atoms with Crippen LogP contribution in [0.2, 0.25) is 0 Å². The molecule has 0 amide bonds. The summed E-state index contributed by atoms with van der Waals surface area (Å²) >= 11 is 0. The predicted molar refractivity (Wildman–Crippen MR) is 381 cm³/mol. The van der Waals surface area contributed by atoms with Gasteiger partial charge in [0, 0.05) is 39.0 Å². The SMILES string of the molecule is CN(CCN(C)CC(=O)OCCc1ccc(CCCCCCCCCCCCCCCCCCOP(=O)([O-])OCC[N+](C)(C)C)cc1)CCN(CC(=O)O)CC(=O)OCCc1ccc(CCCCCCCCCCCCCCCCCCOP(=O)([O-])OCC[N+](C)(C)C)cc1. The highest BCUT2D eigenvalue weighted by Gasteiger charge is 2.18. The number of rotatable bonds is 66. The van der Waals surface area contributed by atoms with Gasteiger partial charge in [-0.15, -0.1) is 0 Å². The number of carboxylic acids is 1. The van der Waals surface area contributed by atoms with Crippen molar-refractivity contribution in [2.24, 2.45) is 0 Å². The average molecular weight is 1380 g/mol. The Bertz CT molecular complexity index is 2320. The van der Waals surface area contributed by atoms with Crippen molar-refractivity contribution in [1.29, 1.82) is 0 Å².